The van der Waals surface area contributed by atoms with E-state index in [0.717, 1.165) is 5.92 Å². The van der Waals surface area contributed by atoms with Gasteiger partial charge in [0, 0.05) is 17.1 Å². The molecular weight excluding hydrogens is 237 g/mol. The molecule has 3 saturated carbocycles. The highest BCUT2D eigenvalue weighted by atomic mass is 35.5. The van der Waals surface area contributed by atoms with Crippen LogP contribution < -0.4 is 5.32 Å². The van der Waals surface area contributed by atoms with E-state index >= 15 is 0 Å². The second-order valence-electron chi connectivity index (χ2n) is 5.60. The van der Waals surface area contributed by atoms with Gasteiger partial charge in [-0.25, -0.2) is 4.39 Å². The number of fused-ring (bicyclic) bond motifs is 1. The third-order valence-electron chi connectivity index (χ3n) is 4.36. The number of hydrogen-bond acceptors (Lipinski definition) is 1. The summed E-state index contributed by atoms with van der Waals surface area (Å²) in [7, 11) is 0. The lowest BCUT2D eigenvalue weighted by molar-refractivity contribution is 0.172. The van der Waals surface area contributed by atoms with Crippen molar-refractivity contribution in [2.24, 2.45) is 5.92 Å². The van der Waals surface area contributed by atoms with Crippen LogP contribution in [0.25, 0.3) is 0 Å². The predicted molar refractivity (Wildman–Crippen MR) is 67.6 cm³/mol. The van der Waals surface area contributed by atoms with E-state index < -0.39 is 0 Å². The molecule has 1 nitrogen and oxygen atoms in total. The van der Waals surface area contributed by atoms with Crippen LogP contribution >= 0.6 is 11.6 Å². The Labute approximate surface area is 106 Å². The third-order valence-corrected chi connectivity index (χ3v) is 4.65. The predicted octanol–water partition coefficient (Wildman–Crippen LogP) is 4.07. The standard InChI is InChI=1S/C14H17ClFN/c1-9(11-3-2-4-12(15)13(11)16)17-14-6-5-10(7-14)8-14/h2-4,9-10,17H,5-8H2,1H3. The van der Waals surface area contributed by atoms with Gasteiger partial charge in [-0.2, -0.15) is 0 Å². The van der Waals surface area contributed by atoms with Gasteiger partial charge in [-0.05, 0) is 44.6 Å². The van der Waals surface area contributed by atoms with Crippen molar-refractivity contribution in [2.45, 2.75) is 44.2 Å². The summed E-state index contributed by atoms with van der Waals surface area (Å²) in [6, 6.07) is 5.27. The highest BCUT2D eigenvalue weighted by Crippen LogP contribution is 2.52. The van der Waals surface area contributed by atoms with Gasteiger partial charge in [0.05, 0.1) is 5.02 Å². The van der Waals surface area contributed by atoms with Gasteiger partial charge in [0.2, 0.25) is 0 Å². The van der Waals surface area contributed by atoms with Gasteiger partial charge in [0.1, 0.15) is 5.82 Å². The van der Waals surface area contributed by atoms with Crippen LogP contribution in [0.15, 0.2) is 18.2 Å². The van der Waals surface area contributed by atoms with Crippen molar-refractivity contribution < 1.29 is 4.39 Å². The lowest BCUT2D eigenvalue weighted by atomic mass is 9.76. The maximum absolute atomic E-state index is 13.9. The lowest BCUT2D eigenvalue weighted by Gasteiger charge is -2.41. The Morgan fingerprint density at radius 1 is 1.47 bits per heavy atom. The Bertz CT molecular complexity index is 434. The fourth-order valence-electron chi connectivity index (χ4n) is 3.52. The Kier molecular flexibility index (Phi) is 2.68. The Morgan fingerprint density at radius 3 is 2.88 bits per heavy atom. The maximum Gasteiger partial charge on any atom is 0.146 e. The summed E-state index contributed by atoms with van der Waals surface area (Å²) in [5.41, 5.74) is 0.973. The van der Waals surface area contributed by atoms with E-state index in [0.29, 0.717) is 11.1 Å². The van der Waals surface area contributed by atoms with E-state index in [-0.39, 0.29) is 16.9 Å². The van der Waals surface area contributed by atoms with Gasteiger partial charge < -0.3 is 5.32 Å². The van der Waals surface area contributed by atoms with E-state index in [1.54, 1.807) is 6.07 Å². The molecule has 3 aliphatic carbocycles. The average molecular weight is 254 g/mol. The number of rotatable bonds is 3. The van der Waals surface area contributed by atoms with Crippen LogP contribution in [0.5, 0.6) is 0 Å². The molecule has 3 fully saturated rings. The van der Waals surface area contributed by atoms with Gasteiger partial charge in [-0.1, -0.05) is 23.7 Å². The number of benzene rings is 1. The molecular formula is C14H17ClFN. The minimum atomic E-state index is -0.278. The van der Waals surface area contributed by atoms with Crippen molar-refractivity contribution in [1.82, 2.24) is 5.32 Å². The molecule has 17 heavy (non-hydrogen) atoms. The largest absolute Gasteiger partial charge is 0.305 e. The number of halogens is 2. The summed E-state index contributed by atoms with van der Waals surface area (Å²) in [5, 5.41) is 3.82. The summed E-state index contributed by atoms with van der Waals surface area (Å²) in [5.74, 6) is 0.637. The first-order chi connectivity index (χ1) is 8.10. The molecule has 3 aliphatic rings. The lowest BCUT2D eigenvalue weighted by Crippen LogP contribution is -2.50. The zero-order valence-electron chi connectivity index (χ0n) is 9.97. The second kappa shape index (κ2) is 3.96. The van der Waals surface area contributed by atoms with Gasteiger partial charge in [-0.3, -0.25) is 0 Å². The van der Waals surface area contributed by atoms with Crippen molar-refractivity contribution >= 4 is 11.6 Å². The molecule has 4 rings (SSSR count). The molecule has 0 aliphatic heterocycles. The molecule has 1 aromatic rings. The van der Waals surface area contributed by atoms with Crippen molar-refractivity contribution in [3.05, 3.63) is 34.6 Å². The summed E-state index contributed by atoms with van der Waals surface area (Å²) in [6.45, 7) is 2.02. The van der Waals surface area contributed by atoms with Crippen LogP contribution in [0.4, 0.5) is 4.39 Å². The van der Waals surface area contributed by atoms with E-state index in [1.807, 2.05) is 19.1 Å². The van der Waals surface area contributed by atoms with Crippen LogP contribution in [0.2, 0.25) is 5.02 Å². The van der Waals surface area contributed by atoms with E-state index in [9.17, 15) is 4.39 Å². The fraction of sp³-hybridized carbons (Fsp3) is 0.571. The van der Waals surface area contributed by atoms with Crippen molar-refractivity contribution in [3.8, 4) is 0 Å². The van der Waals surface area contributed by atoms with Gasteiger partial charge in [0.15, 0.2) is 0 Å². The van der Waals surface area contributed by atoms with Crippen molar-refractivity contribution in [2.75, 3.05) is 0 Å². The molecule has 1 atom stereocenters. The Morgan fingerprint density at radius 2 is 2.24 bits per heavy atom. The first kappa shape index (κ1) is 11.5. The monoisotopic (exact) mass is 253 g/mol. The minimum Gasteiger partial charge on any atom is -0.305 e. The van der Waals surface area contributed by atoms with Crippen LogP contribution in [0, 0.1) is 11.7 Å². The minimum absolute atomic E-state index is 0.0350. The molecule has 0 amide bonds. The summed E-state index contributed by atoms with van der Waals surface area (Å²) in [4.78, 5) is 0. The Balaban J connectivity index is 1.77. The summed E-state index contributed by atoms with van der Waals surface area (Å²) < 4.78 is 13.9. The van der Waals surface area contributed by atoms with Crippen LogP contribution in [0.3, 0.4) is 0 Å². The van der Waals surface area contributed by atoms with Crippen LogP contribution in [-0.4, -0.2) is 5.54 Å². The first-order valence-electron chi connectivity index (χ1n) is 6.31. The van der Waals surface area contributed by atoms with Gasteiger partial charge >= 0.3 is 0 Å². The molecule has 3 heteroatoms. The van der Waals surface area contributed by atoms with Crippen molar-refractivity contribution in [1.29, 1.82) is 0 Å². The highest BCUT2D eigenvalue weighted by Gasteiger charge is 2.50. The molecule has 0 radical (unpaired) electrons. The summed E-state index contributed by atoms with van der Waals surface area (Å²) in [6.07, 6.45) is 5.10. The zero-order chi connectivity index (χ0) is 12.0. The highest BCUT2D eigenvalue weighted by molar-refractivity contribution is 6.30. The quantitative estimate of drug-likeness (QED) is 0.856. The first-order valence-corrected chi connectivity index (χ1v) is 6.69. The molecule has 92 valence electrons. The smallest absolute Gasteiger partial charge is 0.146 e. The van der Waals surface area contributed by atoms with Gasteiger partial charge in [-0.15, -0.1) is 0 Å². The normalized spacial score (nSPS) is 32.3. The fourth-order valence-corrected chi connectivity index (χ4v) is 3.70. The zero-order valence-corrected chi connectivity index (χ0v) is 10.7. The molecule has 1 aromatic carbocycles. The maximum atomic E-state index is 13.9. The molecule has 2 bridgehead atoms. The number of hydrogen-bond donors (Lipinski definition) is 1. The molecule has 1 N–H and O–H groups in total. The molecule has 0 aromatic heterocycles. The second-order valence-corrected chi connectivity index (χ2v) is 6.01. The van der Waals surface area contributed by atoms with Crippen LogP contribution in [-0.2, 0) is 0 Å². The molecule has 0 saturated heterocycles. The summed E-state index contributed by atoms with van der Waals surface area (Å²) >= 11 is 5.82. The third kappa shape index (κ3) is 1.88. The van der Waals surface area contributed by atoms with Crippen LogP contribution in [0.1, 0.15) is 44.2 Å². The number of nitrogens with one attached hydrogen (secondary N) is 1. The van der Waals surface area contributed by atoms with E-state index in [2.05, 4.69) is 5.32 Å². The Hall–Kier alpha value is -0.600. The molecule has 1 unspecified atom stereocenters. The SMILES string of the molecule is CC(NC12CCC(C1)C2)c1cccc(Cl)c1F. The molecule has 0 heterocycles. The van der Waals surface area contributed by atoms with E-state index in [1.165, 1.54) is 25.7 Å². The van der Waals surface area contributed by atoms with Gasteiger partial charge in [0.25, 0.3) is 0 Å². The average Bonchev–Trinajstić information content (AvgIpc) is 2.81. The van der Waals surface area contributed by atoms with Crippen molar-refractivity contribution in [3.63, 3.8) is 0 Å². The van der Waals surface area contributed by atoms with E-state index in [4.69, 9.17) is 11.6 Å². The molecule has 0 spiro atoms. The topological polar surface area (TPSA) is 12.0 Å².